The predicted octanol–water partition coefficient (Wildman–Crippen LogP) is 2.71. The number of nitrogens with one attached hydrogen (secondary N) is 1. The first-order valence-electron chi connectivity index (χ1n) is 9.38. The Morgan fingerprint density at radius 1 is 1.08 bits per heavy atom. The van der Waals surface area contributed by atoms with E-state index in [0.29, 0.717) is 24.8 Å². The van der Waals surface area contributed by atoms with Crippen molar-refractivity contribution in [1.29, 1.82) is 0 Å². The summed E-state index contributed by atoms with van der Waals surface area (Å²) in [7, 11) is 0. The molecule has 2 aliphatic rings. The average molecular weight is 372 g/mol. The SMILES string of the molecule is O=C(Nc1ccc2ncsc2c1)C(=O)N1CCCN(C2CCCC2)CC1. The van der Waals surface area contributed by atoms with E-state index in [1.54, 1.807) is 16.5 Å². The van der Waals surface area contributed by atoms with Gasteiger partial charge in [-0.3, -0.25) is 14.5 Å². The van der Waals surface area contributed by atoms with Crippen molar-refractivity contribution in [1.82, 2.24) is 14.8 Å². The van der Waals surface area contributed by atoms with Crippen LogP contribution in [0.2, 0.25) is 0 Å². The fraction of sp³-hybridized carbons (Fsp3) is 0.526. The maximum Gasteiger partial charge on any atom is 0.313 e. The number of aromatic nitrogens is 1. The van der Waals surface area contributed by atoms with Crippen LogP contribution >= 0.6 is 11.3 Å². The van der Waals surface area contributed by atoms with Gasteiger partial charge in [-0.05, 0) is 37.5 Å². The molecule has 7 heteroatoms. The first kappa shape index (κ1) is 17.4. The average Bonchev–Trinajstić information content (AvgIpc) is 3.28. The van der Waals surface area contributed by atoms with Crippen LogP contribution in [0.1, 0.15) is 32.1 Å². The van der Waals surface area contributed by atoms with Gasteiger partial charge in [0.1, 0.15) is 0 Å². The zero-order valence-corrected chi connectivity index (χ0v) is 15.6. The van der Waals surface area contributed by atoms with Crippen LogP contribution < -0.4 is 5.32 Å². The Morgan fingerprint density at radius 3 is 2.77 bits per heavy atom. The summed E-state index contributed by atoms with van der Waals surface area (Å²) >= 11 is 1.52. The molecule has 2 amide bonds. The van der Waals surface area contributed by atoms with Crippen LogP contribution in [0.15, 0.2) is 23.7 Å². The van der Waals surface area contributed by atoms with Crippen molar-refractivity contribution in [2.45, 2.75) is 38.1 Å². The zero-order chi connectivity index (χ0) is 17.9. The molecular weight excluding hydrogens is 348 g/mol. The van der Waals surface area contributed by atoms with Crippen molar-refractivity contribution in [3.8, 4) is 0 Å². The van der Waals surface area contributed by atoms with E-state index in [-0.39, 0.29) is 0 Å². The molecule has 1 aromatic carbocycles. The van der Waals surface area contributed by atoms with Crippen LogP contribution in [-0.2, 0) is 9.59 Å². The van der Waals surface area contributed by atoms with Crippen LogP contribution in [0.5, 0.6) is 0 Å². The number of hydrogen-bond acceptors (Lipinski definition) is 5. The lowest BCUT2D eigenvalue weighted by Gasteiger charge is -2.27. The van der Waals surface area contributed by atoms with E-state index < -0.39 is 11.8 Å². The number of hydrogen-bond donors (Lipinski definition) is 1. The Morgan fingerprint density at radius 2 is 1.92 bits per heavy atom. The van der Waals surface area contributed by atoms with Gasteiger partial charge in [0, 0.05) is 37.9 Å². The monoisotopic (exact) mass is 372 g/mol. The van der Waals surface area contributed by atoms with E-state index in [0.717, 1.165) is 29.7 Å². The van der Waals surface area contributed by atoms with Crippen LogP contribution in [0.4, 0.5) is 5.69 Å². The highest BCUT2D eigenvalue weighted by Crippen LogP contribution is 2.24. The van der Waals surface area contributed by atoms with E-state index >= 15 is 0 Å². The minimum Gasteiger partial charge on any atom is -0.333 e. The maximum absolute atomic E-state index is 12.6. The fourth-order valence-electron chi connectivity index (χ4n) is 4.04. The molecule has 0 unspecified atom stereocenters. The number of amides is 2. The fourth-order valence-corrected chi connectivity index (χ4v) is 4.75. The molecule has 1 aliphatic heterocycles. The number of anilines is 1. The van der Waals surface area contributed by atoms with Gasteiger partial charge in [0.25, 0.3) is 0 Å². The second-order valence-electron chi connectivity index (χ2n) is 7.11. The Balaban J connectivity index is 1.36. The Hall–Kier alpha value is -1.99. The summed E-state index contributed by atoms with van der Waals surface area (Å²) in [5.74, 6) is -0.981. The van der Waals surface area contributed by atoms with Gasteiger partial charge in [0.15, 0.2) is 0 Å². The second kappa shape index (κ2) is 7.72. The summed E-state index contributed by atoms with van der Waals surface area (Å²) in [4.78, 5) is 33.4. The van der Waals surface area contributed by atoms with Gasteiger partial charge in [0.05, 0.1) is 15.7 Å². The number of nitrogens with zero attached hydrogens (tertiary/aromatic N) is 3. The molecule has 0 bridgehead atoms. The van der Waals surface area contributed by atoms with Crippen molar-refractivity contribution in [2.75, 3.05) is 31.5 Å². The summed E-state index contributed by atoms with van der Waals surface area (Å²) in [5, 5.41) is 2.74. The first-order valence-corrected chi connectivity index (χ1v) is 10.3. The summed E-state index contributed by atoms with van der Waals surface area (Å²) in [6.45, 7) is 3.19. The number of carbonyl (C=O) groups is 2. The smallest absolute Gasteiger partial charge is 0.313 e. The van der Waals surface area contributed by atoms with Crippen molar-refractivity contribution in [3.63, 3.8) is 0 Å². The summed E-state index contributed by atoms with van der Waals surface area (Å²) < 4.78 is 0.997. The van der Waals surface area contributed by atoms with Gasteiger partial charge < -0.3 is 10.2 Å². The van der Waals surface area contributed by atoms with Gasteiger partial charge >= 0.3 is 11.8 Å². The second-order valence-corrected chi connectivity index (χ2v) is 8.00. The molecule has 2 aromatic rings. The number of benzene rings is 1. The van der Waals surface area contributed by atoms with Crippen LogP contribution in [0.3, 0.4) is 0 Å². The molecule has 138 valence electrons. The molecule has 0 spiro atoms. The van der Waals surface area contributed by atoms with Crippen molar-refractivity contribution in [3.05, 3.63) is 23.7 Å². The molecule has 2 heterocycles. The van der Waals surface area contributed by atoms with Crippen LogP contribution in [0, 0.1) is 0 Å². The quantitative estimate of drug-likeness (QED) is 0.823. The normalized spacial score (nSPS) is 19.6. The van der Waals surface area contributed by atoms with Gasteiger partial charge in [-0.1, -0.05) is 12.8 Å². The van der Waals surface area contributed by atoms with Gasteiger partial charge in [0.2, 0.25) is 0 Å². The van der Waals surface area contributed by atoms with E-state index in [1.165, 1.54) is 37.0 Å². The summed E-state index contributed by atoms with van der Waals surface area (Å²) in [5.41, 5.74) is 3.32. The van der Waals surface area contributed by atoms with Crippen molar-refractivity contribution >= 4 is 39.1 Å². The van der Waals surface area contributed by atoms with E-state index in [1.807, 2.05) is 12.1 Å². The Kier molecular flexibility index (Phi) is 5.17. The standard InChI is InChI=1S/C19H24N4O2S/c24-18(21-14-6-7-16-17(12-14)26-13-20-16)19(25)23-9-3-8-22(10-11-23)15-4-1-2-5-15/h6-7,12-13,15H,1-5,8-11H2,(H,21,24). The number of carbonyl (C=O) groups excluding carboxylic acids is 2. The highest BCUT2D eigenvalue weighted by atomic mass is 32.1. The minimum absolute atomic E-state index is 0.428. The van der Waals surface area contributed by atoms with Crippen molar-refractivity contribution < 1.29 is 9.59 Å². The van der Waals surface area contributed by atoms with Gasteiger partial charge in [-0.2, -0.15) is 0 Å². The molecule has 2 fully saturated rings. The molecule has 1 N–H and O–H groups in total. The molecule has 4 rings (SSSR count). The number of thiazole rings is 1. The molecule has 1 aliphatic carbocycles. The molecule has 1 aromatic heterocycles. The number of fused-ring (bicyclic) bond motifs is 1. The third-order valence-electron chi connectivity index (χ3n) is 5.44. The van der Waals surface area contributed by atoms with E-state index in [2.05, 4.69) is 15.2 Å². The molecule has 0 radical (unpaired) electrons. The Bertz CT molecular complexity index is 800. The predicted molar refractivity (Wildman–Crippen MR) is 103 cm³/mol. The summed E-state index contributed by atoms with van der Waals surface area (Å²) in [6.07, 6.45) is 6.11. The highest BCUT2D eigenvalue weighted by Gasteiger charge is 2.28. The number of rotatable bonds is 2. The molecule has 1 saturated heterocycles. The lowest BCUT2D eigenvalue weighted by Crippen LogP contribution is -2.42. The van der Waals surface area contributed by atoms with E-state index in [9.17, 15) is 9.59 Å². The van der Waals surface area contributed by atoms with E-state index in [4.69, 9.17) is 0 Å². The largest absolute Gasteiger partial charge is 0.333 e. The highest BCUT2D eigenvalue weighted by molar-refractivity contribution is 7.16. The maximum atomic E-state index is 12.6. The van der Waals surface area contributed by atoms with Gasteiger partial charge in [-0.25, -0.2) is 4.98 Å². The summed E-state index contributed by atoms with van der Waals surface area (Å²) in [6, 6.07) is 6.18. The first-order chi connectivity index (χ1) is 12.7. The molecule has 6 nitrogen and oxygen atoms in total. The lowest BCUT2D eigenvalue weighted by atomic mass is 10.2. The zero-order valence-electron chi connectivity index (χ0n) is 14.8. The molecule has 0 atom stereocenters. The Labute approximate surface area is 157 Å². The van der Waals surface area contributed by atoms with Gasteiger partial charge in [-0.15, -0.1) is 11.3 Å². The van der Waals surface area contributed by atoms with Crippen molar-refractivity contribution in [2.24, 2.45) is 0 Å². The topological polar surface area (TPSA) is 65.5 Å². The minimum atomic E-state index is -0.553. The lowest BCUT2D eigenvalue weighted by molar-refractivity contribution is -0.143. The molecule has 1 saturated carbocycles. The van der Waals surface area contributed by atoms with Crippen LogP contribution in [-0.4, -0.2) is 58.8 Å². The molecule has 26 heavy (non-hydrogen) atoms. The van der Waals surface area contributed by atoms with Crippen LogP contribution in [0.25, 0.3) is 10.2 Å². The molecular formula is C19H24N4O2S. The third-order valence-corrected chi connectivity index (χ3v) is 6.23. The third kappa shape index (κ3) is 3.73.